The highest BCUT2D eigenvalue weighted by Gasteiger charge is 2.54. The van der Waals surface area contributed by atoms with Gasteiger partial charge in [0.05, 0.1) is 28.2 Å². The Labute approximate surface area is 252 Å². The molecule has 0 bridgehead atoms. The van der Waals surface area contributed by atoms with Gasteiger partial charge >= 0.3 is 7.12 Å². The number of hydrogen-bond donors (Lipinski definition) is 0. The summed E-state index contributed by atoms with van der Waals surface area (Å²) in [6, 6.07) is 40.3. The van der Waals surface area contributed by atoms with Crippen LogP contribution in [-0.2, 0) is 14.7 Å². The average Bonchev–Trinajstić information content (AvgIpc) is 3.43. The summed E-state index contributed by atoms with van der Waals surface area (Å²) in [6.07, 6.45) is 0. The van der Waals surface area contributed by atoms with E-state index < -0.39 is 23.7 Å². The molecule has 0 saturated carbocycles. The van der Waals surface area contributed by atoms with Gasteiger partial charge in [-0.3, -0.25) is 0 Å². The largest absolute Gasteiger partial charge is 0.494 e. The van der Waals surface area contributed by atoms with Crippen LogP contribution >= 0.6 is 0 Å². The van der Waals surface area contributed by atoms with Crippen molar-refractivity contribution in [2.45, 2.75) is 44.3 Å². The molecule has 5 heteroatoms. The van der Waals surface area contributed by atoms with E-state index in [1.807, 2.05) is 24.3 Å². The second-order valence-electron chi connectivity index (χ2n) is 12.7. The van der Waals surface area contributed by atoms with E-state index in [-0.39, 0.29) is 0 Å². The molecular formula is C38H30BNO3. The molecule has 0 N–H and O–H groups in total. The van der Waals surface area contributed by atoms with Crippen molar-refractivity contribution in [3.63, 3.8) is 0 Å². The summed E-state index contributed by atoms with van der Waals surface area (Å²) in [5.74, 6) is 1.58. The summed E-state index contributed by atoms with van der Waals surface area (Å²) in [5.41, 5.74) is 9.22. The molecular weight excluding hydrogens is 529 g/mol. The minimum atomic E-state index is -0.558. The Kier molecular flexibility index (Phi) is 5.41. The number of benzene rings is 5. The first-order valence-electron chi connectivity index (χ1n) is 14.8. The summed E-state index contributed by atoms with van der Waals surface area (Å²) >= 11 is 0. The molecule has 5 aromatic rings. The van der Waals surface area contributed by atoms with Crippen molar-refractivity contribution in [2.75, 3.05) is 0 Å². The van der Waals surface area contributed by atoms with Gasteiger partial charge in [0.15, 0.2) is 0 Å². The predicted molar refractivity (Wildman–Crippen MR) is 170 cm³/mol. The first-order valence-corrected chi connectivity index (χ1v) is 14.8. The zero-order valence-electron chi connectivity index (χ0n) is 24.6. The Balaban J connectivity index is 1.37. The van der Waals surface area contributed by atoms with Crippen LogP contribution in [0.15, 0.2) is 109 Å². The third kappa shape index (κ3) is 3.58. The lowest BCUT2D eigenvalue weighted by Crippen LogP contribution is -2.41. The molecule has 2 heterocycles. The van der Waals surface area contributed by atoms with Crippen molar-refractivity contribution in [1.82, 2.24) is 0 Å². The molecule has 4 nitrogen and oxygen atoms in total. The standard InChI is InChI=1S/C38H30BNO3/c1-36(2)37(3,4)43-39(42-36)27-17-19-33-35(22-27)41-34-21-26(25-11-9-10-24(20-25)23-40)16-18-32(34)38(33)30-14-7-5-12-28(30)29-13-6-8-15-31(29)38/h5-22H,1-4H3. The number of rotatable bonds is 2. The SMILES string of the molecule is CC1(C)OB(c2ccc3c(c2)Oc2cc(-c4cccc(C#N)c4)ccc2C32c3ccccc3-c3ccccc32)OC1(C)C. The lowest BCUT2D eigenvalue weighted by Gasteiger charge is -2.39. The molecule has 43 heavy (non-hydrogen) atoms. The zero-order valence-corrected chi connectivity index (χ0v) is 24.6. The minimum absolute atomic E-state index is 0.446. The molecule has 3 aliphatic rings. The Hall–Kier alpha value is -4.63. The first kappa shape index (κ1) is 26.0. The third-order valence-electron chi connectivity index (χ3n) is 9.82. The molecule has 2 aliphatic heterocycles. The summed E-state index contributed by atoms with van der Waals surface area (Å²) in [4.78, 5) is 0. The van der Waals surface area contributed by atoms with Crippen LogP contribution in [0.2, 0.25) is 0 Å². The van der Waals surface area contributed by atoms with E-state index >= 15 is 0 Å². The van der Waals surface area contributed by atoms with Crippen molar-refractivity contribution in [3.8, 4) is 39.8 Å². The summed E-state index contributed by atoms with van der Waals surface area (Å²) in [7, 11) is -0.501. The second-order valence-corrected chi connectivity index (χ2v) is 12.7. The van der Waals surface area contributed by atoms with Crippen LogP contribution in [-0.4, -0.2) is 18.3 Å². The molecule has 0 aromatic heterocycles. The molecule has 1 aliphatic carbocycles. The van der Waals surface area contributed by atoms with Crippen molar-refractivity contribution >= 4 is 12.6 Å². The molecule has 0 amide bonds. The average molecular weight is 559 g/mol. The minimum Gasteiger partial charge on any atom is -0.457 e. The van der Waals surface area contributed by atoms with Gasteiger partial charge in [-0.05, 0) is 90.8 Å². The Morgan fingerprint density at radius 2 is 1.16 bits per heavy atom. The van der Waals surface area contributed by atoms with Gasteiger partial charge in [0.25, 0.3) is 0 Å². The summed E-state index contributed by atoms with van der Waals surface area (Å²) < 4.78 is 19.7. The summed E-state index contributed by atoms with van der Waals surface area (Å²) in [5, 5.41) is 9.52. The zero-order chi connectivity index (χ0) is 29.6. The van der Waals surface area contributed by atoms with Crippen molar-refractivity contribution in [3.05, 3.63) is 137 Å². The van der Waals surface area contributed by atoms with E-state index in [2.05, 4.69) is 119 Å². The van der Waals surface area contributed by atoms with E-state index in [1.165, 1.54) is 22.3 Å². The van der Waals surface area contributed by atoms with Crippen molar-refractivity contribution in [1.29, 1.82) is 5.26 Å². The van der Waals surface area contributed by atoms with Gasteiger partial charge < -0.3 is 14.0 Å². The highest BCUT2D eigenvalue weighted by molar-refractivity contribution is 6.62. The number of hydrogen-bond acceptors (Lipinski definition) is 4. The quantitative estimate of drug-likeness (QED) is 0.202. The molecule has 0 radical (unpaired) electrons. The smallest absolute Gasteiger partial charge is 0.457 e. The number of fused-ring (bicyclic) bond motifs is 9. The first-order chi connectivity index (χ1) is 20.7. The van der Waals surface area contributed by atoms with Gasteiger partial charge in [-0.1, -0.05) is 84.9 Å². The normalized spacial score (nSPS) is 17.8. The van der Waals surface area contributed by atoms with Crippen LogP contribution in [0.3, 0.4) is 0 Å². The Bertz CT molecular complexity index is 1940. The van der Waals surface area contributed by atoms with E-state index in [0.717, 1.165) is 39.2 Å². The highest BCUT2D eigenvalue weighted by atomic mass is 16.7. The van der Waals surface area contributed by atoms with Crippen LogP contribution in [0, 0.1) is 11.3 Å². The molecule has 1 saturated heterocycles. The second kappa shape index (κ2) is 8.94. The van der Waals surface area contributed by atoms with Crippen molar-refractivity contribution < 1.29 is 14.0 Å². The summed E-state index contributed by atoms with van der Waals surface area (Å²) in [6.45, 7) is 8.29. The maximum atomic E-state index is 9.52. The monoisotopic (exact) mass is 559 g/mol. The molecule has 8 rings (SSSR count). The third-order valence-corrected chi connectivity index (χ3v) is 9.82. The van der Waals surface area contributed by atoms with Crippen LogP contribution in [0.25, 0.3) is 22.3 Å². The highest BCUT2D eigenvalue weighted by Crippen LogP contribution is 2.62. The fraction of sp³-hybridized carbons (Fsp3) is 0.184. The maximum absolute atomic E-state index is 9.52. The van der Waals surface area contributed by atoms with Crippen LogP contribution in [0.4, 0.5) is 0 Å². The maximum Gasteiger partial charge on any atom is 0.494 e. The van der Waals surface area contributed by atoms with E-state index in [1.54, 1.807) is 0 Å². The molecule has 5 aromatic carbocycles. The van der Waals surface area contributed by atoms with Crippen molar-refractivity contribution in [2.24, 2.45) is 0 Å². The lowest BCUT2D eigenvalue weighted by molar-refractivity contribution is 0.00578. The van der Waals surface area contributed by atoms with Gasteiger partial charge in [-0.25, -0.2) is 0 Å². The van der Waals surface area contributed by atoms with E-state index in [9.17, 15) is 5.26 Å². The molecule has 1 spiro atoms. The Morgan fingerprint density at radius 1 is 0.581 bits per heavy atom. The fourth-order valence-electron chi connectivity index (χ4n) is 7.00. The van der Waals surface area contributed by atoms with Crippen LogP contribution in [0.1, 0.15) is 55.5 Å². The number of ether oxygens (including phenoxy) is 1. The molecule has 1 fully saturated rings. The van der Waals surface area contributed by atoms with E-state index in [4.69, 9.17) is 14.0 Å². The lowest BCUT2D eigenvalue weighted by atomic mass is 9.65. The topological polar surface area (TPSA) is 51.5 Å². The van der Waals surface area contributed by atoms with Crippen LogP contribution < -0.4 is 10.2 Å². The number of nitrogens with zero attached hydrogens (tertiary/aromatic N) is 1. The van der Waals surface area contributed by atoms with Gasteiger partial charge in [0.1, 0.15) is 11.5 Å². The predicted octanol–water partition coefficient (Wildman–Crippen LogP) is 7.99. The van der Waals surface area contributed by atoms with Crippen LogP contribution in [0.5, 0.6) is 11.5 Å². The fourth-order valence-corrected chi connectivity index (χ4v) is 7.00. The van der Waals surface area contributed by atoms with Gasteiger partial charge in [0, 0.05) is 11.1 Å². The Morgan fingerprint density at radius 3 is 1.81 bits per heavy atom. The molecule has 0 unspecified atom stereocenters. The van der Waals surface area contributed by atoms with Gasteiger partial charge in [0.2, 0.25) is 0 Å². The molecule has 208 valence electrons. The number of nitriles is 1. The van der Waals surface area contributed by atoms with Gasteiger partial charge in [-0.2, -0.15) is 5.26 Å². The van der Waals surface area contributed by atoms with Gasteiger partial charge in [-0.15, -0.1) is 0 Å². The van der Waals surface area contributed by atoms with E-state index in [0.29, 0.717) is 5.56 Å². The molecule has 0 atom stereocenters.